The first kappa shape index (κ1) is 28.4. The molecule has 4 aromatic rings. The summed E-state index contributed by atoms with van der Waals surface area (Å²) in [6.07, 6.45) is 1.13. The number of pyridine rings is 1. The van der Waals surface area contributed by atoms with E-state index < -0.39 is 11.7 Å². The lowest BCUT2D eigenvalue weighted by atomic mass is 10.1. The maximum atomic E-state index is 13.8. The maximum Gasteiger partial charge on any atom is 0.407 e. The van der Waals surface area contributed by atoms with Crippen molar-refractivity contribution in [3.63, 3.8) is 0 Å². The summed E-state index contributed by atoms with van der Waals surface area (Å²) in [5.74, 6) is 0.325. The maximum absolute atomic E-state index is 13.8. The summed E-state index contributed by atoms with van der Waals surface area (Å²) in [4.78, 5) is 46.7. The van der Waals surface area contributed by atoms with E-state index in [4.69, 9.17) is 21.3 Å². The number of imidazole rings is 1. The number of hydrogen-bond donors (Lipinski definition) is 1. The van der Waals surface area contributed by atoms with Crippen LogP contribution in [0.25, 0.3) is 11.0 Å². The molecule has 10 heteroatoms. The second-order valence-corrected chi connectivity index (χ2v) is 11.8. The van der Waals surface area contributed by atoms with Crippen molar-refractivity contribution in [2.45, 2.75) is 51.8 Å². The highest BCUT2D eigenvalue weighted by atomic mass is 35.5. The van der Waals surface area contributed by atoms with E-state index in [2.05, 4.69) is 10.2 Å². The zero-order valence-electron chi connectivity index (χ0n) is 23.7. The fourth-order valence-corrected chi connectivity index (χ4v) is 5.37. The standard InChI is InChI=1S/C31H34ClN5O4/c1-31(2,3)41-30(40)33-22-14-10-16-36(19-22)29-34-24-17-25(27(38)20-11-6-5-7-12-20)35(4)28(39)26(24)37(29)18-21-13-8-9-15-23(21)32/h5-9,11-13,15,17,22H,10,14,16,18-19H2,1-4H3,(H,33,40)/t22-/m1/s1. The highest BCUT2D eigenvalue weighted by molar-refractivity contribution is 6.31. The van der Waals surface area contributed by atoms with Gasteiger partial charge in [-0.15, -0.1) is 0 Å². The molecular formula is C31H34ClN5O4. The number of aromatic nitrogens is 3. The molecule has 9 nitrogen and oxygen atoms in total. The molecule has 2 aromatic carbocycles. The number of nitrogens with one attached hydrogen (secondary N) is 1. The van der Waals surface area contributed by atoms with Crippen molar-refractivity contribution in [3.05, 3.63) is 92.9 Å². The Balaban J connectivity index is 1.57. The average Bonchev–Trinajstić information content (AvgIpc) is 3.29. The van der Waals surface area contributed by atoms with Gasteiger partial charge in [-0.25, -0.2) is 9.78 Å². The number of carbonyl (C=O) groups is 2. The second kappa shape index (κ2) is 11.4. The first-order valence-electron chi connectivity index (χ1n) is 13.7. The largest absolute Gasteiger partial charge is 0.444 e. The van der Waals surface area contributed by atoms with Crippen LogP contribution in [-0.4, -0.2) is 50.7 Å². The Bertz CT molecular complexity index is 1660. The van der Waals surface area contributed by atoms with Gasteiger partial charge in [0.2, 0.25) is 11.7 Å². The third kappa shape index (κ3) is 6.15. The van der Waals surface area contributed by atoms with Crippen molar-refractivity contribution in [2.75, 3.05) is 18.0 Å². The van der Waals surface area contributed by atoms with Crippen LogP contribution in [0.15, 0.2) is 65.5 Å². The first-order valence-corrected chi connectivity index (χ1v) is 14.1. The summed E-state index contributed by atoms with van der Waals surface area (Å²) < 4.78 is 8.72. The molecule has 0 radical (unpaired) electrons. The smallest absolute Gasteiger partial charge is 0.407 e. The average molecular weight is 576 g/mol. The van der Waals surface area contributed by atoms with Gasteiger partial charge in [0, 0.05) is 36.8 Å². The van der Waals surface area contributed by atoms with Gasteiger partial charge in [-0.1, -0.05) is 60.1 Å². The molecule has 0 unspecified atom stereocenters. The number of alkyl carbamates (subject to hydrolysis) is 1. The quantitative estimate of drug-likeness (QED) is 0.319. The van der Waals surface area contributed by atoms with Gasteiger partial charge < -0.3 is 24.1 Å². The fraction of sp³-hybridized carbons (Fsp3) is 0.355. The Morgan fingerprint density at radius 1 is 1.10 bits per heavy atom. The second-order valence-electron chi connectivity index (χ2n) is 11.3. The monoisotopic (exact) mass is 575 g/mol. The van der Waals surface area contributed by atoms with Crippen molar-refractivity contribution < 1.29 is 14.3 Å². The van der Waals surface area contributed by atoms with Crippen LogP contribution in [0.1, 0.15) is 55.2 Å². The molecule has 0 saturated carbocycles. The number of fused-ring (bicyclic) bond motifs is 1. The molecule has 1 aliphatic heterocycles. The number of carbonyl (C=O) groups excluding carboxylic acids is 2. The van der Waals surface area contributed by atoms with Crippen molar-refractivity contribution in [1.29, 1.82) is 0 Å². The van der Waals surface area contributed by atoms with Crippen LogP contribution < -0.4 is 15.8 Å². The summed E-state index contributed by atoms with van der Waals surface area (Å²) in [7, 11) is 1.60. The Kier molecular flexibility index (Phi) is 7.91. The van der Waals surface area contributed by atoms with Crippen molar-refractivity contribution in [3.8, 4) is 0 Å². The molecule has 5 rings (SSSR count). The van der Waals surface area contributed by atoms with Crippen molar-refractivity contribution in [1.82, 2.24) is 19.4 Å². The van der Waals surface area contributed by atoms with Gasteiger partial charge in [-0.05, 0) is 51.3 Å². The number of anilines is 1. The normalized spacial score (nSPS) is 15.6. The molecule has 41 heavy (non-hydrogen) atoms. The van der Waals surface area contributed by atoms with Crippen LogP contribution in [-0.2, 0) is 18.3 Å². The molecular weight excluding hydrogens is 542 g/mol. The Hall–Kier alpha value is -4.11. The molecule has 2 aromatic heterocycles. The number of benzene rings is 2. The zero-order chi connectivity index (χ0) is 29.3. The number of nitrogens with zero attached hydrogens (tertiary/aromatic N) is 4. The lowest BCUT2D eigenvalue weighted by molar-refractivity contribution is 0.0499. The number of hydrogen-bond acceptors (Lipinski definition) is 6. The van der Waals surface area contributed by atoms with Crippen LogP contribution in [0.5, 0.6) is 0 Å². The molecule has 0 spiro atoms. The molecule has 0 aliphatic carbocycles. The molecule has 1 atom stereocenters. The van der Waals surface area contributed by atoms with Gasteiger partial charge >= 0.3 is 6.09 Å². The Morgan fingerprint density at radius 3 is 2.51 bits per heavy atom. The predicted molar refractivity (Wildman–Crippen MR) is 160 cm³/mol. The van der Waals surface area contributed by atoms with Crippen LogP contribution in [0.2, 0.25) is 5.02 Å². The van der Waals surface area contributed by atoms with Crippen LogP contribution in [0.4, 0.5) is 10.7 Å². The number of halogens is 1. The number of amides is 1. The molecule has 0 bridgehead atoms. The first-order chi connectivity index (χ1) is 19.5. The van der Waals surface area contributed by atoms with Crippen LogP contribution in [0, 0.1) is 0 Å². The van der Waals surface area contributed by atoms with E-state index in [-0.39, 0.29) is 23.1 Å². The molecule has 1 aliphatic rings. The topological polar surface area (TPSA) is 98.5 Å². The van der Waals surface area contributed by atoms with E-state index in [1.807, 2.05) is 55.7 Å². The van der Waals surface area contributed by atoms with Crippen molar-refractivity contribution >= 4 is 40.5 Å². The van der Waals surface area contributed by atoms with E-state index in [1.165, 1.54) is 4.57 Å². The Labute approximate surface area is 243 Å². The molecule has 1 fully saturated rings. The van der Waals surface area contributed by atoms with Gasteiger partial charge in [0.05, 0.1) is 17.8 Å². The predicted octanol–water partition coefficient (Wildman–Crippen LogP) is 5.16. The summed E-state index contributed by atoms with van der Waals surface area (Å²) >= 11 is 6.53. The van der Waals surface area contributed by atoms with E-state index in [1.54, 1.807) is 37.4 Å². The summed E-state index contributed by atoms with van der Waals surface area (Å²) in [5, 5.41) is 3.56. The lowest BCUT2D eigenvalue weighted by Crippen LogP contribution is -2.49. The van der Waals surface area contributed by atoms with E-state index in [9.17, 15) is 14.4 Å². The van der Waals surface area contributed by atoms with Gasteiger partial charge in [0.1, 0.15) is 11.1 Å². The number of ether oxygens (including phenoxy) is 1. The summed E-state index contributed by atoms with van der Waals surface area (Å²) in [6, 6.07) is 17.9. The molecule has 1 saturated heterocycles. The fourth-order valence-electron chi connectivity index (χ4n) is 5.17. The minimum atomic E-state index is -0.601. The number of rotatable bonds is 6. The third-order valence-electron chi connectivity index (χ3n) is 7.10. The van der Waals surface area contributed by atoms with Gasteiger partial charge in [-0.3, -0.25) is 9.59 Å². The Morgan fingerprint density at radius 2 is 1.80 bits per heavy atom. The minimum absolute atomic E-state index is 0.162. The zero-order valence-corrected chi connectivity index (χ0v) is 24.4. The van der Waals surface area contributed by atoms with Crippen LogP contribution in [0.3, 0.4) is 0 Å². The van der Waals surface area contributed by atoms with Crippen molar-refractivity contribution in [2.24, 2.45) is 7.05 Å². The number of ketones is 1. The third-order valence-corrected chi connectivity index (χ3v) is 7.47. The van der Waals surface area contributed by atoms with E-state index in [0.29, 0.717) is 47.2 Å². The summed E-state index contributed by atoms with van der Waals surface area (Å²) in [5.41, 5.74) is 1.46. The molecule has 1 N–H and O–H groups in total. The lowest BCUT2D eigenvalue weighted by Gasteiger charge is -2.34. The molecule has 3 heterocycles. The van der Waals surface area contributed by atoms with Crippen LogP contribution >= 0.6 is 11.6 Å². The molecule has 214 valence electrons. The van der Waals surface area contributed by atoms with E-state index in [0.717, 1.165) is 18.4 Å². The van der Waals surface area contributed by atoms with E-state index >= 15 is 0 Å². The highest BCUT2D eigenvalue weighted by Gasteiger charge is 2.29. The van der Waals surface area contributed by atoms with Gasteiger partial charge in [0.15, 0.2) is 0 Å². The van der Waals surface area contributed by atoms with Gasteiger partial charge in [-0.2, -0.15) is 0 Å². The number of piperidine rings is 1. The summed E-state index contributed by atoms with van der Waals surface area (Å²) in [6.45, 7) is 6.97. The molecule has 1 amide bonds. The highest BCUT2D eigenvalue weighted by Crippen LogP contribution is 2.28. The van der Waals surface area contributed by atoms with Gasteiger partial charge in [0.25, 0.3) is 5.56 Å². The minimum Gasteiger partial charge on any atom is -0.444 e. The SMILES string of the molecule is Cn1c(C(=O)c2ccccc2)cc2nc(N3CCC[C@@H](NC(=O)OC(C)(C)C)C3)n(Cc3ccccc3Cl)c2c1=O.